The summed E-state index contributed by atoms with van der Waals surface area (Å²) in [4.78, 5) is -0.351. The van der Waals surface area contributed by atoms with Crippen LogP contribution in [0.5, 0.6) is 0 Å². The second-order valence-corrected chi connectivity index (χ2v) is 8.45. The smallest absolute Gasteiger partial charge is 0.119 e. The van der Waals surface area contributed by atoms with Crippen molar-refractivity contribution in [3.8, 4) is 0 Å². The quantitative estimate of drug-likeness (QED) is 0.578. The van der Waals surface area contributed by atoms with E-state index >= 15 is 0 Å². The van der Waals surface area contributed by atoms with E-state index in [4.69, 9.17) is 46.4 Å². The van der Waals surface area contributed by atoms with E-state index in [-0.39, 0.29) is 4.87 Å². The largest absolute Gasteiger partial charge is 0.192 e. The van der Waals surface area contributed by atoms with Crippen LogP contribution in [-0.2, 0) is 0 Å². The number of halogens is 4. The predicted molar refractivity (Wildman–Crippen MR) is 81.1 cm³/mol. The zero-order valence-corrected chi connectivity index (χ0v) is 13.0. The molecule has 0 N–H and O–H groups in total. The van der Waals surface area contributed by atoms with Crippen LogP contribution in [0.2, 0.25) is 0 Å². The van der Waals surface area contributed by atoms with Crippen LogP contribution in [0, 0.1) is 0 Å². The highest BCUT2D eigenvalue weighted by Crippen LogP contribution is 2.48. The van der Waals surface area contributed by atoms with Gasteiger partial charge in [0, 0.05) is 11.3 Å². The molecule has 0 aliphatic heterocycles. The number of rotatable bonds is 2. The predicted octanol–water partition coefficient (Wildman–Crippen LogP) is 6.08. The first-order valence-electron chi connectivity index (χ1n) is 6.19. The lowest BCUT2D eigenvalue weighted by molar-refractivity contribution is 0.339. The van der Waals surface area contributed by atoms with Crippen LogP contribution in [0.15, 0.2) is 30.3 Å². The fourth-order valence-electron chi connectivity index (χ4n) is 2.73. The van der Waals surface area contributed by atoms with Crippen molar-refractivity contribution in [3.05, 3.63) is 35.9 Å². The molecule has 0 spiro atoms. The van der Waals surface area contributed by atoms with Gasteiger partial charge in [0.15, 0.2) is 3.79 Å². The molecule has 1 aliphatic carbocycles. The topological polar surface area (TPSA) is 0 Å². The summed E-state index contributed by atoms with van der Waals surface area (Å²) >= 11 is 24.1. The van der Waals surface area contributed by atoms with Crippen molar-refractivity contribution < 1.29 is 0 Å². The number of hydrogen-bond acceptors (Lipinski definition) is 0. The van der Waals surface area contributed by atoms with Gasteiger partial charge < -0.3 is 0 Å². The molecule has 4 heteroatoms. The minimum absolute atomic E-state index is 0.351. The lowest BCUT2D eigenvalue weighted by Gasteiger charge is -2.37. The van der Waals surface area contributed by atoms with Gasteiger partial charge >= 0.3 is 0 Å². The van der Waals surface area contributed by atoms with Crippen molar-refractivity contribution in [3.63, 3.8) is 0 Å². The first kappa shape index (κ1) is 14.8. The fourth-order valence-corrected chi connectivity index (χ4v) is 4.12. The van der Waals surface area contributed by atoms with E-state index in [0.717, 1.165) is 25.7 Å². The standard InChI is InChI=1S/C14H16Cl4/c15-13(10-14(16,17)18)8-6-12(7-9-13)11-4-2-1-3-5-11/h1-5,12H,6-10H2. The molecule has 0 radical (unpaired) electrons. The van der Waals surface area contributed by atoms with E-state index in [1.807, 2.05) is 6.07 Å². The number of alkyl halides is 4. The highest BCUT2D eigenvalue weighted by Gasteiger charge is 2.39. The Hall–Kier alpha value is 0.380. The molecule has 1 aliphatic rings. The summed E-state index contributed by atoms with van der Waals surface area (Å²) in [7, 11) is 0. The van der Waals surface area contributed by atoms with Crippen LogP contribution in [0.1, 0.15) is 43.6 Å². The minimum atomic E-state index is -1.25. The lowest BCUT2D eigenvalue weighted by Crippen LogP contribution is -2.32. The van der Waals surface area contributed by atoms with E-state index in [9.17, 15) is 0 Å². The maximum atomic E-state index is 6.56. The highest BCUT2D eigenvalue weighted by molar-refractivity contribution is 6.67. The summed E-state index contributed by atoms with van der Waals surface area (Å²) in [5.41, 5.74) is 1.39. The Morgan fingerprint density at radius 1 is 1.06 bits per heavy atom. The zero-order valence-electron chi connectivity index (χ0n) is 10.0. The van der Waals surface area contributed by atoms with E-state index in [2.05, 4.69) is 24.3 Å². The molecule has 0 atom stereocenters. The average Bonchev–Trinajstić information content (AvgIpc) is 2.28. The van der Waals surface area contributed by atoms with Gasteiger partial charge in [0.2, 0.25) is 0 Å². The van der Waals surface area contributed by atoms with Gasteiger partial charge in [-0.3, -0.25) is 0 Å². The second-order valence-electron chi connectivity index (χ2n) is 5.13. The molecule has 0 nitrogen and oxygen atoms in total. The van der Waals surface area contributed by atoms with Gasteiger partial charge in [-0.25, -0.2) is 0 Å². The Morgan fingerprint density at radius 3 is 2.11 bits per heavy atom. The van der Waals surface area contributed by atoms with E-state index < -0.39 is 3.79 Å². The highest BCUT2D eigenvalue weighted by atomic mass is 35.6. The third-order valence-electron chi connectivity index (χ3n) is 3.67. The molecule has 1 aromatic carbocycles. The molecule has 0 unspecified atom stereocenters. The molecule has 0 amide bonds. The number of benzene rings is 1. The van der Waals surface area contributed by atoms with Crippen LogP contribution in [-0.4, -0.2) is 8.67 Å². The molecule has 2 rings (SSSR count). The van der Waals surface area contributed by atoms with Crippen molar-refractivity contribution in [1.82, 2.24) is 0 Å². The molecule has 1 saturated carbocycles. The number of hydrogen-bond donors (Lipinski definition) is 0. The van der Waals surface area contributed by atoms with E-state index in [1.165, 1.54) is 5.56 Å². The van der Waals surface area contributed by atoms with Crippen LogP contribution in [0.3, 0.4) is 0 Å². The van der Waals surface area contributed by atoms with Gasteiger partial charge in [-0.15, -0.1) is 11.6 Å². The van der Waals surface area contributed by atoms with E-state index in [1.54, 1.807) is 0 Å². The molecule has 18 heavy (non-hydrogen) atoms. The molecule has 0 bridgehead atoms. The van der Waals surface area contributed by atoms with Crippen molar-refractivity contribution in [2.45, 2.75) is 46.7 Å². The molecule has 0 aromatic heterocycles. The summed E-state index contributed by atoms with van der Waals surface area (Å²) in [5, 5.41) is 0. The van der Waals surface area contributed by atoms with Crippen LogP contribution in [0.25, 0.3) is 0 Å². The Kier molecular flexibility index (Phi) is 4.75. The Bertz CT molecular complexity index is 375. The Labute approximate surface area is 129 Å². The first-order chi connectivity index (χ1) is 8.38. The second kappa shape index (κ2) is 5.79. The van der Waals surface area contributed by atoms with Gasteiger partial charge in [-0.1, -0.05) is 65.1 Å². The maximum absolute atomic E-state index is 6.56. The first-order valence-corrected chi connectivity index (χ1v) is 7.70. The SMILES string of the molecule is ClC(Cl)(Cl)CC1(Cl)CCC(c2ccccc2)CC1. The zero-order chi connectivity index (χ0) is 13.2. The summed E-state index contributed by atoms with van der Waals surface area (Å²) in [5.74, 6) is 0.591. The fraction of sp³-hybridized carbons (Fsp3) is 0.571. The van der Waals surface area contributed by atoms with Crippen molar-refractivity contribution >= 4 is 46.4 Å². The molecule has 1 aromatic rings. The third kappa shape index (κ3) is 4.20. The third-order valence-corrected chi connectivity index (χ3v) is 4.58. The van der Waals surface area contributed by atoms with Gasteiger partial charge in [0.25, 0.3) is 0 Å². The minimum Gasteiger partial charge on any atom is -0.119 e. The average molecular weight is 326 g/mol. The lowest BCUT2D eigenvalue weighted by atomic mass is 9.77. The van der Waals surface area contributed by atoms with Gasteiger partial charge in [-0.2, -0.15) is 0 Å². The van der Waals surface area contributed by atoms with E-state index in [0.29, 0.717) is 12.3 Å². The molecule has 0 heterocycles. The summed E-state index contributed by atoms with van der Waals surface area (Å²) < 4.78 is -1.25. The Morgan fingerprint density at radius 2 is 1.61 bits per heavy atom. The molecule has 1 fully saturated rings. The van der Waals surface area contributed by atoms with Crippen LogP contribution >= 0.6 is 46.4 Å². The van der Waals surface area contributed by atoms with Crippen LogP contribution in [0.4, 0.5) is 0 Å². The van der Waals surface area contributed by atoms with Gasteiger partial charge in [-0.05, 0) is 37.2 Å². The Balaban J connectivity index is 1.96. The van der Waals surface area contributed by atoms with Crippen LogP contribution < -0.4 is 0 Å². The molecular formula is C14H16Cl4. The normalized spacial score (nSPS) is 29.2. The van der Waals surface area contributed by atoms with Gasteiger partial charge in [0.1, 0.15) is 0 Å². The summed E-state index contributed by atoms with van der Waals surface area (Å²) in [6.45, 7) is 0. The van der Waals surface area contributed by atoms with Crippen molar-refractivity contribution in [2.75, 3.05) is 0 Å². The maximum Gasteiger partial charge on any atom is 0.192 e. The monoisotopic (exact) mass is 324 g/mol. The molecule has 100 valence electrons. The van der Waals surface area contributed by atoms with Gasteiger partial charge in [0.05, 0.1) is 0 Å². The van der Waals surface area contributed by atoms with Crippen molar-refractivity contribution in [1.29, 1.82) is 0 Å². The summed E-state index contributed by atoms with van der Waals surface area (Å²) in [6, 6.07) is 10.6. The summed E-state index contributed by atoms with van der Waals surface area (Å²) in [6.07, 6.45) is 4.36. The van der Waals surface area contributed by atoms with Crippen molar-refractivity contribution in [2.24, 2.45) is 0 Å². The molecule has 0 saturated heterocycles. The molecular weight excluding hydrogens is 310 g/mol.